The first-order valence-electron chi connectivity index (χ1n) is 9.84. The lowest BCUT2D eigenvalue weighted by atomic mass is 10.1. The highest BCUT2D eigenvalue weighted by Crippen LogP contribution is 2.38. The number of thioether (sulfide) groups is 1. The minimum atomic E-state index is -0.356. The molecule has 0 aliphatic heterocycles. The molecule has 1 aliphatic rings. The topological polar surface area (TPSA) is 67.8 Å². The summed E-state index contributed by atoms with van der Waals surface area (Å²) in [6.07, 6.45) is 1.97. The van der Waals surface area contributed by atoms with Crippen molar-refractivity contribution < 1.29 is 4.79 Å². The molecule has 1 unspecified atom stereocenters. The van der Waals surface area contributed by atoms with Gasteiger partial charge in [0.25, 0.3) is 5.56 Å². The largest absolute Gasteiger partial charge is 0.358 e. The summed E-state index contributed by atoms with van der Waals surface area (Å²) in [7, 11) is 0. The van der Waals surface area contributed by atoms with Crippen molar-refractivity contribution in [2.45, 2.75) is 43.1 Å². The average molecular weight is 404 g/mol. The average Bonchev–Trinajstić information content (AvgIpc) is 3.49. The lowest BCUT2D eigenvalue weighted by Gasteiger charge is -2.15. The highest BCUT2D eigenvalue weighted by Gasteiger charge is 2.30. The maximum absolute atomic E-state index is 13.3. The predicted molar refractivity (Wildman–Crippen MR) is 117 cm³/mol. The number of nitrogens with one attached hydrogen (secondary N) is 1. The van der Waals surface area contributed by atoms with Crippen LogP contribution < -0.4 is 5.56 Å². The Labute approximate surface area is 172 Å². The van der Waals surface area contributed by atoms with Crippen LogP contribution in [0.4, 0.5) is 0 Å². The molecule has 0 saturated heterocycles. The van der Waals surface area contributed by atoms with E-state index in [1.165, 1.54) is 11.8 Å². The number of hydrogen-bond acceptors (Lipinski definition) is 4. The molecule has 4 aromatic rings. The molecular formula is C23H21N3O2S. The van der Waals surface area contributed by atoms with Crippen molar-refractivity contribution in [3.8, 4) is 0 Å². The number of para-hydroxylation sites is 2. The summed E-state index contributed by atoms with van der Waals surface area (Å²) in [5.41, 5.74) is 3.23. The molecule has 1 fully saturated rings. The number of aromatic amines is 1. The molecule has 5 rings (SSSR count). The van der Waals surface area contributed by atoms with Crippen molar-refractivity contribution in [2.24, 2.45) is 0 Å². The van der Waals surface area contributed by atoms with Gasteiger partial charge in [-0.25, -0.2) is 4.98 Å². The molecular weight excluding hydrogens is 382 g/mol. The second-order valence-electron chi connectivity index (χ2n) is 7.61. The number of aryl methyl sites for hydroxylation is 1. The van der Waals surface area contributed by atoms with Crippen LogP contribution in [0, 0.1) is 6.92 Å². The van der Waals surface area contributed by atoms with Gasteiger partial charge in [-0.15, -0.1) is 0 Å². The summed E-state index contributed by atoms with van der Waals surface area (Å²) in [6.45, 7) is 3.83. The van der Waals surface area contributed by atoms with Crippen LogP contribution in [0.5, 0.6) is 0 Å². The van der Waals surface area contributed by atoms with Crippen LogP contribution in [-0.4, -0.2) is 25.6 Å². The maximum atomic E-state index is 13.3. The van der Waals surface area contributed by atoms with E-state index < -0.39 is 0 Å². The van der Waals surface area contributed by atoms with Crippen molar-refractivity contribution in [1.82, 2.24) is 14.5 Å². The molecule has 2 aromatic carbocycles. The Morgan fingerprint density at radius 2 is 1.83 bits per heavy atom. The van der Waals surface area contributed by atoms with E-state index >= 15 is 0 Å². The van der Waals surface area contributed by atoms with Crippen LogP contribution >= 0.6 is 11.8 Å². The second-order valence-corrected chi connectivity index (χ2v) is 8.92. The summed E-state index contributed by atoms with van der Waals surface area (Å²) in [5.74, 6) is 0.0507. The number of carbonyl (C=O) groups excluding carboxylic acids is 1. The normalized spacial score (nSPS) is 15.1. The summed E-state index contributed by atoms with van der Waals surface area (Å²) in [6, 6.07) is 15.5. The van der Waals surface area contributed by atoms with E-state index in [1.807, 2.05) is 62.4 Å². The lowest BCUT2D eigenvalue weighted by molar-refractivity contribution is 0.0995. The number of nitrogens with zero attached hydrogens (tertiary/aromatic N) is 2. The SMILES string of the molecule is Cc1[nH]c2ccccc2c1C(=O)C(C)Sc1nc2ccccc2c(=O)n1C1CC1. The molecule has 0 amide bonds. The van der Waals surface area contributed by atoms with Crippen molar-refractivity contribution in [1.29, 1.82) is 0 Å². The number of hydrogen-bond donors (Lipinski definition) is 1. The van der Waals surface area contributed by atoms with Gasteiger partial charge in [0.2, 0.25) is 0 Å². The van der Waals surface area contributed by atoms with Crippen molar-refractivity contribution >= 4 is 39.4 Å². The number of rotatable bonds is 5. The number of H-pyrrole nitrogens is 1. The lowest BCUT2D eigenvalue weighted by Crippen LogP contribution is -2.24. The molecule has 0 radical (unpaired) electrons. The minimum absolute atomic E-state index is 0.0106. The monoisotopic (exact) mass is 403 g/mol. The molecule has 5 nitrogen and oxygen atoms in total. The molecule has 1 saturated carbocycles. The highest BCUT2D eigenvalue weighted by molar-refractivity contribution is 8.00. The Kier molecular flexibility index (Phi) is 4.32. The minimum Gasteiger partial charge on any atom is -0.358 e. The number of ketones is 1. The summed E-state index contributed by atoms with van der Waals surface area (Å²) in [5, 5.41) is 1.85. The van der Waals surface area contributed by atoms with Crippen molar-refractivity contribution in [2.75, 3.05) is 0 Å². The molecule has 1 atom stereocenters. The van der Waals surface area contributed by atoms with Crippen LogP contribution in [0.3, 0.4) is 0 Å². The van der Waals surface area contributed by atoms with Gasteiger partial charge < -0.3 is 4.98 Å². The summed E-state index contributed by atoms with van der Waals surface area (Å²) >= 11 is 1.38. The van der Waals surface area contributed by atoms with Crippen LogP contribution in [0.15, 0.2) is 58.5 Å². The van der Waals surface area contributed by atoms with Gasteiger partial charge in [0.05, 0.1) is 16.2 Å². The van der Waals surface area contributed by atoms with Crippen molar-refractivity contribution in [3.05, 3.63) is 70.1 Å². The Morgan fingerprint density at radius 3 is 2.59 bits per heavy atom. The van der Waals surface area contributed by atoms with Crippen LogP contribution in [0.25, 0.3) is 21.8 Å². The van der Waals surface area contributed by atoms with Crippen LogP contribution in [-0.2, 0) is 0 Å². The van der Waals surface area contributed by atoms with Crippen LogP contribution in [0.2, 0.25) is 0 Å². The third kappa shape index (κ3) is 3.08. The van der Waals surface area contributed by atoms with Gasteiger partial charge in [0.1, 0.15) is 0 Å². The number of aromatic nitrogens is 3. The third-order valence-electron chi connectivity index (χ3n) is 5.48. The van der Waals surface area contributed by atoms with Gasteiger partial charge in [-0.2, -0.15) is 0 Å². The maximum Gasteiger partial charge on any atom is 0.262 e. The zero-order valence-electron chi connectivity index (χ0n) is 16.3. The molecule has 2 heterocycles. The standard InChI is InChI=1S/C23H21N3O2S/c1-13-20(16-7-3-5-9-18(16)24-13)21(27)14(2)29-23-25-19-10-6-4-8-17(19)22(28)26(23)15-11-12-15/h3-10,14-15,24H,11-12H2,1-2H3. The van der Waals surface area contributed by atoms with Gasteiger partial charge in [-0.1, -0.05) is 42.1 Å². The van der Waals surface area contributed by atoms with E-state index in [1.54, 1.807) is 4.57 Å². The van der Waals surface area contributed by atoms with Gasteiger partial charge in [-0.05, 0) is 44.9 Å². The molecule has 2 aromatic heterocycles. The molecule has 1 N–H and O–H groups in total. The Balaban J connectivity index is 1.55. The van der Waals surface area contributed by atoms with Gasteiger partial charge in [0, 0.05) is 28.2 Å². The number of Topliss-reactive ketones (excluding diaryl/α,β-unsaturated/α-hetero) is 1. The van der Waals surface area contributed by atoms with Crippen molar-refractivity contribution in [3.63, 3.8) is 0 Å². The number of benzene rings is 2. The van der Waals surface area contributed by atoms with Gasteiger partial charge >= 0.3 is 0 Å². The fourth-order valence-electron chi connectivity index (χ4n) is 3.87. The first-order chi connectivity index (χ1) is 14.0. The van der Waals surface area contributed by atoms with E-state index in [4.69, 9.17) is 4.98 Å². The molecule has 1 aliphatic carbocycles. The van der Waals surface area contributed by atoms with Gasteiger partial charge in [-0.3, -0.25) is 14.2 Å². The van der Waals surface area contributed by atoms with E-state index in [0.29, 0.717) is 16.1 Å². The Hall–Kier alpha value is -2.86. The number of carbonyl (C=O) groups is 1. The molecule has 146 valence electrons. The molecule has 0 bridgehead atoms. The Morgan fingerprint density at radius 1 is 1.14 bits per heavy atom. The fraction of sp³-hybridized carbons (Fsp3) is 0.261. The smallest absolute Gasteiger partial charge is 0.262 e. The fourth-order valence-corrected chi connectivity index (χ4v) is 4.91. The van der Waals surface area contributed by atoms with Gasteiger partial charge in [0.15, 0.2) is 10.9 Å². The van der Waals surface area contributed by atoms with E-state index in [-0.39, 0.29) is 22.6 Å². The molecule has 0 spiro atoms. The van der Waals surface area contributed by atoms with Crippen LogP contribution in [0.1, 0.15) is 41.9 Å². The summed E-state index contributed by atoms with van der Waals surface area (Å²) < 4.78 is 1.79. The van der Waals surface area contributed by atoms with E-state index in [9.17, 15) is 9.59 Å². The molecule has 29 heavy (non-hydrogen) atoms. The predicted octanol–water partition coefficient (Wildman–Crippen LogP) is 4.88. The summed E-state index contributed by atoms with van der Waals surface area (Å²) in [4.78, 5) is 34.4. The zero-order chi connectivity index (χ0) is 20.1. The third-order valence-corrected chi connectivity index (χ3v) is 6.55. The first-order valence-corrected chi connectivity index (χ1v) is 10.7. The Bertz CT molecular complexity index is 1320. The van der Waals surface area contributed by atoms with E-state index in [2.05, 4.69) is 4.98 Å². The second kappa shape index (κ2) is 6.88. The number of fused-ring (bicyclic) bond motifs is 2. The quantitative estimate of drug-likeness (QED) is 0.293. The first kappa shape index (κ1) is 18.2. The van der Waals surface area contributed by atoms with E-state index in [0.717, 1.165) is 35.0 Å². The highest BCUT2D eigenvalue weighted by atomic mass is 32.2. The zero-order valence-corrected chi connectivity index (χ0v) is 17.1. The molecule has 6 heteroatoms.